The van der Waals surface area contributed by atoms with Gasteiger partial charge in [-0.3, -0.25) is 9.59 Å². The molecular formula is C21H27BrClFN2O3. The zero-order valence-corrected chi connectivity index (χ0v) is 19.9. The summed E-state index contributed by atoms with van der Waals surface area (Å²) in [5.74, 6) is -1.18. The van der Waals surface area contributed by atoms with Gasteiger partial charge in [0.2, 0.25) is 0 Å². The van der Waals surface area contributed by atoms with E-state index in [-0.39, 0.29) is 30.3 Å². The number of aryl methyl sites for hydroxylation is 2. The number of ketones is 1. The van der Waals surface area contributed by atoms with Crippen molar-refractivity contribution < 1.29 is 18.7 Å². The number of Topliss-reactive ketones (excluding diaryl/α,β-unsaturated/α-hetero) is 1. The second-order valence-corrected chi connectivity index (χ2v) is 6.79. The van der Waals surface area contributed by atoms with Crippen LogP contribution in [0.4, 0.5) is 10.1 Å². The predicted molar refractivity (Wildman–Crippen MR) is 119 cm³/mol. The largest absolute Gasteiger partial charge is 0.466 e. The first kappa shape index (κ1) is 27.0. The minimum atomic E-state index is -0.524. The van der Waals surface area contributed by atoms with Gasteiger partial charge < -0.3 is 10.1 Å². The molecule has 2 rings (SSSR count). The van der Waals surface area contributed by atoms with Crippen molar-refractivity contribution in [3.05, 3.63) is 56.5 Å². The van der Waals surface area contributed by atoms with E-state index in [1.807, 2.05) is 33.8 Å². The number of benzene rings is 1. The van der Waals surface area contributed by atoms with Gasteiger partial charge in [0.25, 0.3) is 0 Å². The number of carbonyl (C=O) groups excluding carboxylic acids is 2. The lowest BCUT2D eigenvalue weighted by Gasteiger charge is -2.06. The number of anilines is 1. The molecule has 1 aromatic carbocycles. The van der Waals surface area contributed by atoms with Crippen LogP contribution in [0.1, 0.15) is 48.9 Å². The third-order valence-electron chi connectivity index (χ3n) is 3.49. The van der Waals surface area contributed by atoms with Crippen molar-refractivity contribution in [2.75, 3.05) is 19.0 Å². The van der Waals surface area contributed by atoms with Gasteiger partial charge in [0.05, 0.1) is 12.3 Å². The molecule has 5 nitrogen and oxygen atoms in total. The summed E-state index contributed by atoms with van der Waals surface area (Å²) < 4.78 is 18.0. The molecule has 0 aliphatic heterocycles. The van der Waals surface area contributed by atoms with Gasteiger partial charge in [-0.2, -0.15) is 0 Å². The van der Waals surface area contributed by atoms with Crippen LogP contribution in [0.3, 0.4) is 0 Å². The summed E-state index contributed by atoms with van der Waals surface area (Å²) in [6.45, 7) is 9.70. The summed E-state index contributed by atoms with van der Waals surface area (Å²) in [4.78, 5) is 27.2. The van der Waals surface area contributed by atoms with Crippen LogP contribution in [-0.4, -0.2) is 30.4 Å². The molecule has 0 bridgehead atoms. The molecule has 0 radical (unpaired) electrons. The van der Waals surface area contributed by atoms with Gasteiger partial charge in [-0.15, -0.1) is 0 Å². The zero-order chi connectivity index (χ0) is 22.6. The number of pyridine rings is 1. The molecule has 0 aliphatic carbocycles. The number of hydrogen-bond donors (Lipinski definition) is 1. The first-order chi connectivity index (χ1) is 13.7. The Hall–Kier alpha value is -1.99. The summed E-state index contributed by atoms with van der Waals surface area (Å²) in [6, 6.07) is 6.32. The van der Waals surface area contributed by atoms with Crippen LogP contribution < -0.4 is 5.32 Å². The summed E-state index contributed by atoms with van der Waals surface area (Å²) in [5, 5.41) is 3.10. The third-order valence-corrected chi connectivity index (χ3v) is 4.33. The van der Waals surface area contributed by atoms with Crippen molar-refractivity contribution >= 4 is 45.0 Å². The number of nitrogens with one attached hydrogen (secondary N) is 1. The molecule has 1 N–H and O–H groups in total. The van der Waals surface area contributed by atoms with E-state index < -0.39 is 5.97 Å². The van der Waals surface area contributed by atoms with Crippen LogP contribution in [0.15, 0.2) is 28.7 Å². The number of aromatic nitrogens is 1. The van der Waals surface area contributed by atoms with Crippen molar-refractivity contribution in [2.45, 2.75) is 41.0 Å². The molecule has 0 amide bonds. The Bertz CT molecular complexity index is 832. The molecular weight excluding hydrogens is 463 g/mol. The highest BCUT2D eigenvalue weighted by Gasteiger charge is 2.17. The first-order valence-corrected chi connectivity index (χ1v) is 10.3. The highest BCUT2D eigenvalue weighted by atomic mass is 79.9. The SMILES string of the molecule is CC.CCOC(=O)CC(=O)c1nc(C)c(C)cc1Br.CNc1ccc(Cl)cc1F. The van der Waals surface area contributed by atoms with Gasteiger partial charge in [0, 0.05) is 22.2 Å². The van der Waals surface area contributed by atoms with Gasteiger partial charge >= 0.3 is 5.97 Å². The summed E-state index contributed by atoms with van der Waals surface area (Å²) >= 11 is 8.78. The Morgan fingerprint density at radius 2 is 1.86 bits per heavy atom. The number of hydrogen-bond acceptors (Lipinski definition) is 5. The van der Waals surface area contributed by atoms with E-state index in [1.54, 1.807) is 26.1 Å². The molecule has 1 heterocycles. The smallest absolute Gasteiger partial charge is 0.313 e. The van der Waals surface area contributed by atoms with E-state index in [0.29, 0.717) is 15.2 Å². The van der Waals surface area contributed by atoms with Crippen LogP contribution in [0.2, 0.25) is 5.02 Å². The van der Waals surface area contributed by atoms with Gasteiger partial charge in [-0.05, 0) is 66.5 Å². The topological polar surface area (TPSA) is 68.3 Å². The van der Waals surface area contributed by atoms with E-state index in [0.717, 1.165) is 11.3 Å². The number of carbonyl (C=O) groups is 2. The number of ether oxygens (including phenoxy) is 1. The first-order valence-electron chi connectivity index (χ1n) is 9.14. The quantitative estimate of drug-likeness (QED) is 0.310. The van der Waals surface area contributed by atoms with Gasteiger partial charge in [-0.25, -0.2) is 9.37 Å². The van der Waals surface area contributed by atoms with Crippen LogP contribution in [0.25, 0.3) is 0 Å². The minimum absolute atomic E-state index is 0.271. The molecule has 0 unspecified atom stereocenters. The molecule has 29 heavy (non-hydrogen) atoms. The highest BCUT2D eigenvalue weighted by molar-refractivity contribution is 9.10. The van der Waals surface area contributed by atoms with Gasteiger partial charge in [0.15, 0.2) is 5.78 Å². The van der Waals surface area contributed by atoms with Crippen molar-refractivity contribution in [3.63, 3.8) is 0 Å². The van der Waals surface area contributed by atoms with E-state index in [4.69, 9.17) is 16.3 Å². The zero-order valence-electron chi connectivity index (χ0n) is 17.5. The third kappa shape index (κ3) is 9.37. The molecule has 0 aliphatic rings. The Morgan fingerprint density at radius 1 is 1.24 bits per heavy atom. The Morgan fingerprint density at radius 3 is 2.38 bits per heavy atom. The fourth-order valence-corrected chi connectivity index (χ4v) is 2.80. The van der Waals surface area contributed by atoms with Crippen molar-refractivity contribution in [2.24, 2.45) is 0 Å². The maximum absolute atomic E-state index is 12.7. The fourth-order valence-electron chi connectivity index (χ4n) is 1.99. The van der Waals surface area contributed by atoms with E-state index in [1.165, 1.54) is 6.07 Å². The van der Waals surface area contributed by atoms with Crippen LogP contribution in [-0.2, 0) is 9.53 Å². The normalized spacial score (nSPS) is 9.41. The molecule has 0 spiro atoms. The predicted octanol–water partition coefficient (Wildman–Crippen LogP) is 6.14. The van der Waals surface area contributed by atoms with E-state index >= 15 is 0 Å². The lowest BCUT2D eigenvalue weighted by Crippen LogP contribution is -2.13. The minimum Gasteiger partial charge on any atom is -0.466 e. The number of nitrogens with zero attached hydrogens (tertiary/aromatic N) is 1. The summed E-state index contributed by atoms with van der Waals surface area (Å²) in [5.41, 5.74) is 2.51. The average molecular weight is 490 g/mol. The average Bonchev–Trinajstić information content (AvgIpc) is 2.67. The maximum atomic E-state index is 12.7. The fraction of sp³-hybridized carbons (Fsp3) is 0.381. The standard InChI is InChI=1S/C12H14BrNO3.C7H7ClFN.C2H6/c1-4-17-11(16)6-10(15)12-9(13)5-7(2)8(3)14-12;1-10-7-3-2-5(8)4-6(7)9;1-2/h5H,4,6H2,1-3H3;2-4,10H,1H3;1-2H3. The molecule has 0 saturated carbocycles. The molecule has 0 fully saturated rings. The molecule has 0 saturated heterocycles. The lowest BCUT2D eigenvalue weighted by molar-refractivity contribution is -0.141. The Labute approximate surface area is 185 Å². The Balaban J connectivity index is 0.000000554. The van der Waals surface area contributed by atoms with Crippen LogP contribution >= 0.6 is 27.5 Å². The van der Waals surface area contributed by atoms with Crippen LogP contribution in [0.5, 0.6) is 0 Å². The van der Waals surface area contributed by atoms with Gasteiger partial charge in [-0.1, -0.05) is 25.4 Å². The van der Waals surface area contributed by atoms with Crippen molar-refractivity contribution in [3.8, 4) is 0 Å². The number of rotatable bonds is 5. The Kier molecular flexibility index (Phi) is 13.1. The lowest BCUT2D eigenvalue weighted by atomic mass is 10.1. The highest BCUT2D eigenvalue weighted by Crippen LogP contribution is 2.20. The summed E-state index contributed by atoms with van der Waals surface area (Å²) in [7, 11) is 1.66. The van der Waals surface area contributed by atoms with Crippen molar-refractivity contribution in [1.29, 1.82) is 0 Å². The maximum Gasteiger partial charge on any atom is 0.313 e. The van der Waals surface area contributed by atoms with Crippen molar-refractivity contribution in [1.82, 2.24) is 4.98 Å². The molecule has 8 heteroatoms. The molecule has 1 aromatic heterocycles. The monoisotopic (exact) mass is 488 g/mol. The van der Waals surface area contributed by atoms with E-state index in [2.05, 4.69) is 26.2 Å². The van der Waals surface area contributed by atoms with E-state index in [9.17, 15) is 14.0 Å². The molecule has 160 valence electrons. The van der Waals surface area contributed by atoms with Gasteiger partial charge in [0.1, 0.15) is 17.9 Å². The summed E-state index contributed by atoms with van der Waals surface area (Å²) in [6.07, 6.45) is -0.276. The second kappa shape index (κ2) is 14.1. The number of halogens is 3. The molecule has 2 aromatic rings. The second-order valence-electron chi connectivity index (χ2n) is 5.50. The number of esters is 1. The molecule has 0 atom stereocenters. The van der Waals surface area contributed by atoms with Crippen LogP contribution in [0, 0.1) is 19.7 Å².